The number of hydrogen-bond acceptors (Lipinski definition) is 3. The summed E-state index contributed by atoms with van der Waals surface area (Å²) in [4.78, 5) is 2.31. The third-order valence-corrected chi connectivity index (χ3v) is 3.46. The summed E-state index contributed by atoms with van der Waals surface area (Å²) in [7, 11) is 2.12. The van der Waals surface area contributed by atoms with E-state index in [1.165, 1.54) is 18.4 Å². The Bertz CT molecular complexity index is 418. The molecular formula is C14H19N3. The van der Waals surface area contributed by atoms with Crippen LogP contribution in [-0.2, 0) is 6.54 Å². The standard InChI is InChI=1S/C14H19N3/c1-17(14(9-16)13-5-6-13)10-12-4-2-3-11(7-12)8-15/h2-4,7,13-14H,5-6,9-10,16H2,1H3. The predicted octanol–water partition coefficient (Wildman–Crippen LogP) is 1.73. The Balaban J connectivity index is 2.01. The largest absolute Gasteiger partial charge is 0.329 e. The molecule has 0 aliphatic heterocycles. The second-order valence-corrected chi connectivity index (χ2v) is 4.87. The molecule has 0 bridgehead atoms. The summed E-state index contributed by atoms with van der Waals surface area (Å²) in [6.45, 7) is 1.59. The maximum Gasteiger partial charge on any atom is 0.0991 e. The first-order valence-corrected chi connectivity index (χ1v) is 6.14. The van der Waals surface area contributed by atoms with E-state index in [-0.39, 0.29) is 0 Å². The molecule has 3 nitrogen and oxygen atoms in total. The number of hydrogen-bond donors (Lipinski definition) is 1. The molecule has 90 valence electrons. The zero-order chi connectivity index (χ0) is 12.3. The third kappa shape index (κ3) is 3.06. The molecule has 0 saturated heterocycles. The Labute approximate surface area is 103 Å². The molecule has 1 aliphatic rings. The molecule has 1 saturated carbocycles. The van der Waals surface area contributed by atoms with Gasteiger partial charge in [-0.3, -0.25) is 4.90 Å². The van der Waals surface area contributed by atoms with Crippen LogP contribution in [0.5, 0.6) is 0 Å². The smallest absolute Gasteiger partial charge is 0.0991 e. The van der Waals surface area contributed by atoms with Gasteiger partial charge in [0.1, 0.15) is 0 Å². The van der Waals surface area contributed by atoms with Gasteiger partial charge in [-0.1, -0.05) is 12.1 Å². The average molecular weight is 229 g/mol. The molecule has 1 aliphatic carbocycles. The Morgan fingerprint density at radius 3 is 2.88 bits per heavy atom. The second-order valence-electron chi connectivity index (χ2n) is 4.87. The molecule has 1 fully saturated rings. The van der Waals surface area contributed by atoms with Crippen LogP contribution in [0.2, 0.25) is 0 Å². The van der Waals surface area contributed by atoms with E-state index < -0.39 is 0 Å². The summed E-state index contributed by atoms with van der Waals surface area (Å²) in [6.07, 6.45) is 2.62. The van der Waals surface area contributed by atoms with Crippen molar-refractivity contribution in [3.8, 4) is 6.07 Å². The van der Waals surface area contributed by atoms with Crippen LogP contribution in [0.25, 0.3) is 0 Å². The highest BCUT2D eigenvalue weighted by atomic mass is 15.1. The van der Waals surface area contributed by atoms with Crippen molar-refractivity contribution < 1.29 is 0 Å². The van der Waals surface area contributed by atoms with E-state index in [2.05, 4.69) is 24.1 Å². The molecular weight excluding hydrogens is 210 g/mol. The summed E-state index contributed by atoms with van der Waals surface area (Å²) in [5.41, 5.74) is 7.74. The molecule has 0 aromatic heterocycles. The fourth-order valence-electron chi connectivity index (χ4n) is 2.36. The van der Waals surface area contributed by atoms with E-state index in [9.17, 15) is 0 Å². The maximum absolute atomic E-state index is 8.87. The van der Waals surface area contributed by atoms with E-state index in [0.29, 0.717) is 6.04 Å². The molecule has 2 N–H and O–H groups in total. The van der Waals surface area contributed by atoms with Gasteiger partial charge in [0.15, 0.2) is 0 Å². The lowest BCUT2D eigenvalue weighted by Crippen LogP contribution is -2.39. The summed E-state index contributed by atoms with van der Waals surface area (Å²) in [5.74, 6) is 0.782. The van der Waals surface area contributed by atoms with Crippen LogP contribution >= 0.6 is 0 Å². The normalized spacial score (nSPS) is 16.8. The minimum absolute atomic E-state index is 0.487. The van der Waals surface area contributed by atoms with Gasteiger partial charge in [0.05, 0.1) is 11.6 Å². The quantitative estimate of drug-likeness (QED) is 0.836. The van der Waals surface area contributed by atoms with Crippen molar-refractivity contribution in [3.63, 3.8) is 0 Å². The number of nitrogens with zero attached hydrogens (tertiary/aromatic N) is 2. The van der Waals surface area contributed by atoms with Crippen molar-refractivity contribution in [1.29, 1.82) is 5.26 Å². The molecule has 0 heterocycles. The van der Waals surface area contributed by atoms with Crippen molar-refractivity contribution in [2.24, 2.45) is 11.7 Å². The molecule has 1 aromatic carbocycles. The summed E-state index contributed by atoms with van der Waals surface area (Å²) < 4.78 is 0. The van der Waals surface area contributed by atoms with Gasteiger partial charge in [0.2, 0.25) is 0 Å². The Kier molecular flexibility index (Phi) is 3.78. The Morgan fingerprint density at radius 1 is 1.53 bits per heavy atom. The van der Waals surface area contributed by atoms with Gasteiger partial charge < -0.3 is 5.73 Å². The summed E-state index contributed by atoms with van der Waals surface area (Å²) >= 11 is 0. The Morgan fingerprint density at radius 2 is 2.29 bits per heavy atom. The van der Waals surface area contributed by atoms with Crippen LogP contribution in [-0.4, -0.2) is 24.5 Å². The summed E-state index contributed by atoms with van der Waals surface area (Å²) in [6, 6.07) is 10.5. The number of nitriles is 1. The van der Waals surface area contributed by atoms with Gasteiger partial charge in [-0.25, -0.2) is 0 Å². The molecule has 1 unspecified atom stereocenters. The van der Waals surface area contributed by atoms with Crippen LogP contribution < -0.4 is 5.73 Å². The van der Waals surface area contributed by atoms with Gasteiger partial charge in [0.25, 0.3) is 0 Å². The fraction of sp³-hybridized carbons (Fsp3) is 0.500. The van der Waals surface area contributed by atoms with Crippen molar-refractivity contribution in [1.82, 2.24) is 4.90 Å². The first kappa shape index (κ1) is 12.1. The van der Waals surface area contributed by atoms with Crippen molar-refractivity contribution >= 4 is 0 Å². The average Bonchev–Trinajstić information content (AvgIpc) is 3.15. The molecule has 1 aromatic rings. The lowest BCUT2D eigenvalue weighted by Gasteiger charge is -2.27. The Hall–Kier alpha value is -1.37. The predicted molar refractivity (Wildman–Crippen MR) is 68.2 cm³/mol. The first-order chi connectivity index (χ1) is 8.24. The number of rotatable bonds is 5. The van der Waals surface area contributed by atoms with Gasteiger partial charge >= 0.3 is 0 Å². The van der Waals surface area contributed by atoms with E-state index >= 15 is 0 Å². The van der Waals surface area contributed by atoms with Crippen LogP contribution in [0.4, 0.5) is 0 Å². The molecule has 2 rings (SSSR count). The molecule has 0 amide bonds. The first-order valence-electron chi connectivity index (χ1n) is 6.14. The minimum Gasteiger partial charge on any atom is -0.329 e. The molecule has 0 spiro atoms. The van der Waals surface area contributed by atoms with Gasteiger partial charge in [-0.2, -0.15) is 5.26 Å². The fourth-order valence-corrected chi connectivity index (χ4v) is 2.36. The van der Waals surface area contributed by atoms with E-state index in [4.69, 9.17) is 11.0 Å². The van der Waals surface area contributed by atoms with Crippen molar-refractivity contribution in [3.05, 3.63) is 35.4 Å². The van der Waals surface area contributed by atoms with Gasteiger partial charge in [0, 0.05) is 19.1 Å². The number of benzene rings is 1. The zero-order valence-corrected chi connectivity index (χ0v) is 10.3. The SMILES string of the molecule is CN(Cc1cccc(C#N)c1)C(CN)C1CC1. The number of likely N-dealkylation sites (N-methyl/N-ethyl adjacent to an activating group) is 1. The topological polar surface area (TPSA) is 53.0 Å². The van der Waals surface area contributed by atoms with Crippen LogP contribution in [0.15, 0.2) is 24.3 Å². The van der Waals surface area contributed by atoms with E-state index in [1.54, 1.807) is 0 Å². The highest BCUT2D eigenvalue weighted by Gasteiger charge is 2.32. The maximum atomic E-state index is 8.87. The molecule has 0 radical (unpaired) electrons. The zero-order valence-electron chi connectivity index (χ0n) is 10.3. The second kappa shape index (κ2) is 5.31. The van der Waals surface area contributed by atoms with E-state index in [0.717, 1.165) is 24.6 Å². The van der Waals surface area contributed by atoms with Gasteiger partial charge in [-0.05, 0) is 43.5 Å². The minimum atomic E-state index is 0.487. The lowest BCUT2D eigenvalue weighted by molar-refractivity contribution is 0.215. The van der Waals surface area contributed by atoms with Crippen molar-refractivity contribution in [2.75, 3.05) is 13.6 Å². The highest BCUT2D eigenvalue weighted by Crippen LogP contribution is 2.34. The highest BCUT2D eigenvalue weighted by molar-refractivity contribution is 5.32. The molecule has 3 heteroatoms. The van der Waals surface area contributed by atoms with Crippen LogP contribution in [0.3, 0.4) is 0 Å². The lowest BCUT2D eigenvalue weighted by atomic mass is 10.1. The molecule has 17 heavy (non-hydrogen) atoms. The van der Waals surface area contributed by atoms with E-state index in [1.807, 2.05) is 18.2 Å². The molecule has 1 atom stereocenters. The number of nitrogens with two attached hydrogens (primary N) is 1. The van der Waals surface area contributed by atoms with Crippen LogP contribution in [0, 0.1) is 17.2 Å². The van der Waals surface area contributed by atoms with Crippen molar-refractivity contribution in [2.45, 2.75) is 25.4 Å². The third-order valence-electron chi connectivity index (χ3n) is 3.46. The monoisotopic (exact) mass is 229 g/mol. The van der Waals surface area contributed by atoms with Crippen LogP contribution in [0.1, 0.15) is 24.0 Å². The van der Waals surface area contributed by atoms with Gasteiger partial charge in [-0.15, -0.1) is 0 Å². The summed E-state index contributed by atoms with van der Waals surface area (Å²) in [5, 5.41) is 8.87.